The monoisotopic (exact) mass is 334 g/mol. The summed E-state index contributed by atoms with van der Waals surface area (Å²) in [5, 5.41) is 3.83. The second kappa shape index (κ2) is 6.59. The highest BCUT2D eigenvalue weighted by Crippen LogP contribution is 2.36. The topological polar surface area (TPSA) is 34.2 Å². The summed E-state index contributed by atoms with van der Waals surface area (Å²) in [4.78, 5) is 3.91. The number of benzene rings is 1. The third-order valence-electron chi connectivity index (χ3n) is 2.44. The summed E-state index contributed by atoms with van der Waals surface area (Å²) in [5.74, 6) is 0.112. The first-order chi connectivity index (χ1) is 9.51. The zero-order chi connectivity index (χ0) is 14.7. The molecule has 0 aliphatic rings. The lowest BCUT2D eigenvalue weighted by Crippen LogP contribution is -2.08. The molecule has 1 N–H and O–H groups in total. The third-order valence-corrected chi connectivity index (χ3v) is 3.46. The number of ether oxygens (including phenoxy) is 1. The predicted octanol–water partition coefficient (Wildman–Crippen LogP) is 4.69. The Morgan fingerprint density at radius 3 is 2.55 bits per heavy atom. The van der Waals surface area contributed by atoms with Gasteiger partial charge in [-0.2, -0.15) is 0 Å². The molecule has 1 aromatic heterocycles. The molecule has 0 amide bonds. The molecular weight excluding hydrogens is 326 g/mol. The fourth-order valence-corrected chi connectivity index (χ4v) is 2.14. The van der Waals surface area contributed by atoms with Gasteiger partial charge in [-0.1, -0.05) is 34.8 Å². The van der Waals surface area contributed by atoms with Gasteiger partial charge in [0.1, 0.15) is 11.6 Å². The van der Waals surface area contributed by atoms with E-state index in [1.165, 1.54) is 18.2 Å². The molecule has 2 aromatic rings. The largest absolute Gasteiger partial charge is 0.437 e. The van der Waals surface area contributed by atoms with Gasteiger partial charge in [0.05, 0.1) is 21.3 Å². The lowest BCUT2D eigenvalue weighted by molar-refractivity contribution is 0.450. The van der Waals surface area contributed by atoms with Crippen molar-refractivity contribution < 1.29 is 9.13 Å². The molecule has 0 bridgehead atoms. The first-order valence-electron chi connectivity index (χ1n) is 5.62. The number of hydrogen-bond acceptors (Lipinski definition) is 3. The molecule has 0 fully saturated rings. The quantitative estimate of drug-likeness (QED) is 0.823. The molecule has 0 unspecified atom stereocenters. The molecule has 0 atom stereocenters. The van der Waals surface area contributed by atoms with Crippen molar-refractivity contribution in [1.29, 1.82) is 0 Å². The van der Waals surface area contributed by atoms with Crippen molar-refractivity contribution in [3.8, 4) is 11.6 Å². The molecule has 7 heteroatoms. The van der Waals surface area contributed by atoms with Crippen LogP contribution >= 0.6 is 34.8 Å². The maximum absolute atomic E-state index is 13.2. The lowest BCUT2D eigenvalue weighted by Gasteiger charge is -2.11. The minimum absolute atomic E-state index is 0.251. The van der Waals surface area contributed by atoms with Gasteiger partial charge < -0.3 is 10.1 Å². The van der Waals surface area contributed by atoms with E-state index in [0.29, 0.717) is 32.9 Å². The number of pyridine rings is 1. The number of aromatic nitrogens is 1. The van der Waals surface area contributed by atoms with Crippen molar-refractivity contribution in [3.05, 3.63) is 50.8 Å². The number of rotatable bonds is 4. The Labute approximate surface area is 130 Å². The molecule has 1 heterocycles. The molecule has 2 rings (SSSR count). The van der Waals surface area contributed by atoms with Crippen LogP contribution < -0.4 is 10.1 Å². The Morgan fingerprint density at radius 1 is 1.15 bits per heavy atom. The van der Waals surface area contributed by atoms with Gasteiger partial charge in [-0.3, -0.25) is 0 Å². The molecule has 20 heavy (non-hydrogen) atoms. The first kappa shape index (κ1) is 15.3. The number of nitrogens with zero attached hydrogens (tertiary/aromatic N) is 1. The molecule has 106 valence electrons. The van der Waals surface area contributed by atoms with Crippen molar-refractivity contribution in [2.45, 2.75) is 6.54 Å². The molecule has 0 saturated carbocycles. The Hall–Kier alpha value is -1.07. The normalized spacial score (nSPS) is 10.7. The molecule has 3 nitrogen and oxygen atoms in total. The molecule has 0 radical (unpaired) electrons. The third kappa shape index (κ3) is 3.52. The van der Waals surface area contributed by atoms with Crippen LogP contribution in [0.2, 0.25) is 15.1 Å². The fraction of sp³-hybridized carbons (Fsp3) is 0.154. The molecule has 0 saturated heterocycles. The van der Waals surface area contributed by atoms with Crippen LogP contribution in [0.5, 0.6) is 11.6 Å². The highest BCUT2D eigenvalue weighted by atomic mass is 35.5. The van der Waals surface area contributed by atoms with Gasteiger partial charge in [-0.25, -0.2) is 9.37 Å². The first-order valence-corrected chi connectivity index (χ1v) is 6.76. The zero-order valence-corrected chi connectivity index (χ0v) is 12.7. The summed E-state index contributed by atoms with van der Waals surface area (Å²) in [5.41, 5.74) is 0.564. The van der Waals surface area contributed by atoms with E-state index in [4.69, 9.17) is 39.5 Å². The van der Waals surface area contributed by atoms with Crippen LogP contribution in [-0.2, 0) is 6.54 Å². The molecule has 0 aliphatic carbocycles. The van der Waals surface area contributed by atoms with Crippen LogP contribution in [0.1, 0.15) is 5.56 Å². The van der Waals surface area contributed by atoms with Gasteiger partial charge >= 0.3 is 0 Å². The van der Waals surface area contributed by atoms with E-state index in [9.17, 15) is 4.39 Å². The lowest BCUT2D eigenvalue weighted by atomic mass is 10.2. The van der Waals surface area contributed by atoms with E-state index in [0.717, 1.165) is 6.20 Å². The van der Waals surface area contributed by atoms with Crippen molar-refractivity contribution in [2.75, 3.05) is 7.05 Å². The molecule has 0 spiro atoms. The fourth-order valence-electron chi connectivity index (χ4n) is 1.56. The van der Waals surface area contributed by atoms with E-state index in [1.807, 2.05) is 0 Å². The summed E-state index contributed by atoms with van der Waals surface area (Å²) >= 11 is 17.8. The van der Waals surface area contributed by atoms with E-state index in [1.54, 1.807) is 7.05 Å². The van der Waals surface area contributed by atoms with Gasteiger partial charge in [0.2, 0.25) is 5.88 Å². The minimum atomic E-state index is -0.442. The second-order valence-corrected chi connectivity index (χ2v) is 5.17. The van der Waals surface area contributed by atoms with Gasteiger partial charge in [0.25, 0.3) is 0 Å². The number of halogens is 4. The van der Waals surface area contributed by atoms with Gasteiger partial charge in [0, 0.05) is 18.2 Å². The summed E-state index contributed by atoms with van der Waals surface area (Å²) in [6.45, 7) is 0.402. The Morgan fingerprint density at radius 2 is 1.85 bits per heavy atom. The van der Waals surface area contributed by atoms with Crippen LogP contribution in [0.15, 0.2) is 24.4 Å². The molecule has 0 aliphatic heterocycles. The number of nitrogens with one attached hydrogen (secondary N) is 1. The number of hydrogen-bond donors (Lipinski definition) is 1. The maximum atomic E-state index is 13.2. The second-order valence-electron chi connectivity index (χ2n) is 3.95. The van der Waals surface area contributed by atoms with Crippen molar-refractivity contribution in [2.24, 2.45) is 0 Å². The van der Waals surface area contributed by atoms with Crippen molar-refractivity contribution >= 4 is 34.8 Å². The summed E-state index contributed by atoms with van der Waals surface area (Å²) < 4.78 is 18.8. The van der Waals surface area contributed by atoms with E-state index in [-0.39, 0.29) is 5.88 Å². The van der Waals surface area contributed by atoms with Crippen LogP contribution in [0.3, 0.4) is 0 Å². The van der Waals surface area contributed by atoms with Crippen LogP contribution in [-0.4, -0.2) is 12.0 Å². The molecule has 1 aromatic carbocycles. The average molecular weight is 336 g/mol. The standard InChI is InChI=1S/C13H10Cl3FN2O/c1-18-5-7-2-8(17)6-19-13(7)20-12-4-10(15)9(14)3-11(12)16/h2-4,6,18H,5H2,1H3. The maximum Gasteiger partial charge on any atom is 0.223 e. The SMILES string of the molecule is CNCc1cc(F)cnc1Oc1cc(Cl)c(Cl)cc1Cl. The van der Waals surface area contributed by atoms with Crippen LogP contribution in [0, 0.1) is 5.82 Å². The van der Waals surface area contributed by atoms with Crippen LogP contribution in [0.4, 0.5) is 4.39 Å². The summed E-state index contributed by atoms with van der Waals surface area (Å²) in [6.07, 6.45) is 1.07. The van der Waals surface area contributed by atoms with Crippen molar-refractivity contribution in [1.82, 2.24) is 10.3 Å². The van der Waals surface area contributed by atoms with E-state index >= 15 is 0 Å². The zero-order valence-electron chi connectivity index (χ0n) is 10.4. The summed E-state index contributed by atoms with van der Waals surface area (Å²) in [6, 6.07) is 4.30. The average Bonchev–Trinajstić information content (AvgIpc) is 2.39. The highest BCUT2D eigenvalue weighted by molar-refractivity contribution is 6.43. The Balaban J connectivity index is 2.37. The smallest absolute Gasteiger partial charge is 0.223 e. The summed E-state index contributed by atoms with van der Waals surface area (Å²) in [7, 11) is 1.74. The highest BCUT2D eigenvalue weighted by Gasteiger charge is 2.12. The van der Waals surface area contributed by atoms with E-state index < -0.39 is 5.82 Å². The van der Waals surface area contributed by atoms with Gasteiger partial charge in [0.15, 0.2) is 0 Å². The van der Waals surface area contributed by atoms with Gasteiger partial charge in [-0.15, -0.1) is 0 Å². The van der Waals surface area contributed by atoms with E-state index in [2.05, 4.69) is 10.3 Å². The predicted molar refractivity (Wildman–Crippen MR) is 78.5 cm³/mol. The Bertz CT molecular complexity index is 637. The molecular formula is C13H10Cl3FN2O. The van der Waals surface area contributed by atoms with Gasteiger partial charge in [-0.05, 0) is 19.2 Å². The van der Waals surface area contributed by atoms with Crippen LogP contribution in [0.25, 0.3) is 0 Å². The van der Waals surface area contributed by atoms with Crippen molar-refractivity contribution in [3.63, 3.8) is 0 Å². The Kier molecular flexibility index (Phi) is 5.05. The minimum Gasteiger partial charge on any atom is -0.437 e.